The number of rotatable bonds is 7. The zero-order valence-corrected chi connectivity index (χ0v) is 11.6. The minimum atomic E-state index is -0.379. The standard InChI is InChI=1S/C14H19ClFNO/c1-4-7-17-11(3)12-5-6-14(13(16)8-12)18-9-10(2)15/h5-6,8,11,17H,2,4,7,9H2,1,3H3. The zero-order valence-electron chi connectivity index (χ0n) is 10.8. The molecule has 0 heterocycles. The second-order valence-electron chi connectivity index (χ2n) is 4.17. The van der Waals surface area contributed by atoms with E-state index in [9.17, 15) is 4.39 Å². The molecule has 0 aromatic heterocycles. The van der Waals surface area contributed by atoms with Gasteiger partial charge in [0.2, 0.25) is 0 Å². The summed E-state index contributed by atoms with van der Waals surface area (Å²) in [5.74, 6) is -0.182. The number of hydrogen-bond donors (Lipinski definition) is 1. The van der Waals surface area contributed by atoms with Crippen LogP contribution in [-0.2, 0) is 0 Å². The predicted octanol–water partition coefficient (Wildman–Crippen LogP) is 4.02. The fourth-order valence-electron chi connectivity index (χ4n) is 1.54. The van der Waals surface area contributed by atoms with Crippen molar-refractivity contribution in [3.63, 3.8) is 0 Å². The molecule has 0 aliphatic heterocycles. The molecule has 4 heteroatoms. The van der Waals surface area contributed by atoms with E-state index in [4.69, 9.17) is 16.3 Å². The molecule has 1 atom stereocenters. The average Bonchev–Trinajstić information content (AvgIpc) is 2.34. The van der Waals surface area contributed by atoms with Gasteiger partial charge in [0.1, 0.15) is 6.61 Å². The van der Waals surface area contributed by atoms with Crippen LogP contribution in [0.2, 0.25) is 0 Å². The highest BCUT2D eigenvalue weighted by Gasteiger charge is 2.09. The molecule has 0 bridgehead atoms. The van der Waals surface area contributed by atoms with Gasteiger partial charge in [-0.1, -0.05) is 31.2 Å². The molecule has 2 nitrogen and oxygen atoms in total. The molecule has 1 N–H and O–H groups in total. The number of ether oxygens (including phenoxy) is 1. The lowest BCUT2D eigenvalue weighted by Gasteiger charge is -2.15. The van der Waals surface area contributed by atoms with Crippen molar-refractivity contribution >= 4 is 11.6 Å². The van der Waals surface area contributed by atoms with Gasteiger partial charge in [0.25, 0.3) is 0 Å². The molecule has 100 valence electrons. The van der Waals surface area contributed by atoms with Crippen LogP contribution in [-0.4, -0.2) is 13.2 Å². The lowest BCUT2D eigenvalue weighted by Crippen LogP contribution is -2.19. The van der Waals surface area contributed by atoms with E-state index >= 15 is 0 Å². The minimum Gasteiger partial charge on any atom is -0.485 e. The van der Waals surface area contributed by atoms with Crippen LogP contribution >= 0.6 is 11.6 Å². The van der Waals surface area contributed by atoms with Crippen LogP contribution < -0.4 is 10.1 Å². The fraction of sp³-hybridized carbons (Fsp3) is 0.429. The summed E-state index contributed by atoms with van der Waals surface area (Å²) in [7, 11) is 0. The molecule has 0 aliphatic rings. The lowest BCUT2D eigenvalue weighted by molar-refractivity contribution is 0.338. The van der Waals surface area contributed by atoms with Gasteiger partial charge in [-0.2, -0.15) is 0 Å². The van der Waals surface area contributed by atoms with Gasteiger partial charge in [-0.05, 0) is 37.6 Å². The van der Waals surface area contributed by atoms with Crippen LogP contribution in [0.3, 0.4) is 0 Å². The maximum absolute atomic E-state index is 13.8. The summed E-state index contributed by atoms with van der Waals surface area (Å²) in [5.41, 5.74) is 0.901. The van der Waals surface area contributed by atoms with Crippen LogP contribution in [0, 0.1) is 5.82 Å². The van der Waals surface area contributed by atoms with E-state index in [0.717, 1.165) is 18.5 Å². The summed E-state index contributed by atoms with van der Waals surface area (Å²) in [6, 6.07) is 5.08. The SMILES string of the molecule is C=C(Cl)COc1ccc(C(C)NCCC)cc1F. The Bertz CT molecular complexity index is 409. The van der Waals surface area contributed by atoms with Gasteiger partial charge in [0.05, 0.1) is 0 Å². The molecule has 1 aromatic rings. The van der Waals surface area contributed by atoms with E-state index in [2.05, 4.69) is 18.8 Å². The third kappa shape index (κ3) is 4.67. The van der Waals surface area contributed by atoms with Crippen molar-refractivity contribution in [2.24, 2.45) is 0 Å². The van der Waals surface area contributed by atoms with Crippen LogP contribution in [0.1, 0.15) is 31.9 Å². The molecule has 0 saturated heterocycles. The van der Waals surface area contributed by atoms with Crippen molar-refractivity contribution in [1.82, 2.24) is 5.32 Å². The third-order valence-corrected chi connectivity index (χ3v) is 2.65. The van der Waals surface area contributed by atoms with Crippen molar-refractivity contribution in [3.05, 3.63) is 41.2 Å². The first kappa shape index (κ1) is 15.0. The Hall–Kier alpha value is -1.06. The summed E-state index contributed by atoms with van der Waals surface area (Å²) in [6.45, 7) is 8.61. The van der Waals surface area contributed by atoms with Gasteiger partial charge in [0, 0.05) is 11.1 Å². The summed E-state index contributed by atoms with van der Waals surface area (Å²) in [5, 5.41) is 3.65. The summed E-state index contributed by atoms with van der Waals surface area (Å²) >= 11 is 5.57. The minimum absolute atomic E-state index is 0.113. The molecule has 0 fully saturated rings. The Labute approximate surface area is 113 Å². The van der Waals surface area contributed by atoms with Crippen molar-refractivity contribution in [3.8, 4) is 5.75 Å². The molecule has 0 saturated carbocycles. The van der Waals surface area contributed by atoms with Gasteiger partial charge >= 0.3 is 0 Å². The van der Waals surface area contributed by atoms with Crippen LogP contribution in [0.4, 0.5) is 4.39 Å². The smallest absolute Gasteiger partial charge is 0.165 e. The highest BCUT2D eigenvalue weighted by molar-refractivity contribution is 6.29. The summed E-state index contributed by atoms with van der Waals surface area (Å²) in [4.78, 5) is 0. The summed E-state index contributed by atoms with van der Waals surface area (Å²) in [6.07, 6.45) is 1.05. The Balaban J connectivity index is 2.69. The van der Waals surface area contributed by atoms with E-state index in [1.807, 2.05) is 13.0 Å². The van der Waals surface area contributed by atoms with E-state index < -0.39 is 0 Å². The molecule has 0 amide bonds. The number of nitrogens with one attached hydrogen (secondary N) is 1. The number of benzene rings is 1. The monoisotopic (exact) mass is 271 g/mol. The largest absolute Gasteiger partial charge is 0.485 e. The van der Waals surface area contributed by atoms with Gasteiger partial charge < -0.3 is 10.1 Å². The number of halogens is 2. The van der Waals surface area contributed by atoms with Crippen LogP contribution in [0.25, 0.3) is 0 Å². The van der Waals surface area contributed by atoms with E-state index in [-0.39, 0.29) is 24.2 Å². The topological polar surface area (TPSA) is 21.3 Å². The molecule has 0 aliphatic carbocycles. The molecule has 18 heavy (non-hydrogen) atoms. The first-order chi connectivity index (χ1) is 8.54. The van der Waals surface area contributed by atoms with Crippen LogP contribution in [0.15, 0.2) is 29.8 Å². The van der Waals surface area contributed by atoms with Gasteiger partial charge in [-0.15, -0.1) is 0 Å². The first-order valence-electron chi connectivity index (χ1n) is 6.03. The first-order valence-corrected chi connectivity index (χ1v) is 6.41. The van der Waals surface area contributed by atoms with E-state index in [0.29, 0.717) is 5.03 Å². The molecular formula is C14H19ClFNO. The van der Waals surface area contributed by atoms with Crippen molar-refractivity contribution < 1.29 is 9.13 Å². The molecular weight excluding hydrogens is 253 g/mol. The molecule has 0 spiro atoms. The molecule has 0 radical (unpaired) electrons. The Morgan fingerprint density at radius 2 is 2.28 bits per heavy atom. The normalized spacial score (nSPS) is 12.2. The highest BCUT2D eigenvalue weighted by atomic mass is 35.5. The summed E-state index contributed by atoms with van der Waals surface area (Å²) < 4.78 is 18.9. The van der Waals surface area contributed by atoms with Gasteiger partial charge in [-0.25, -0.2) is 4.39 Å². The Morgan fingerprint density at radius 3 is 2.83 bits per heavy atom. The molecule has 1 unspecified atom stereocenters. The second kappa shape index (κ2) is 7.39. The average molecular weight is 272 g/mol. The number of hydrogen-bond acceptors (Lipinski definition) is 2. The van der Waals surface area contributed by atoms with Crippen molar-refractivity contribution in [2.75, 3.05) is 13.2 Å². The lowest BCUT2D eigenvalue weighted by atomic mass is 10.1. The van der Waals surface area contributed by atoms with Crippen molar-refractivity contribution in [2.45, 2.75) is 26.3 Å². The maximum Gasteiger partial charge on any atom is 0.165 e. The van der Waals surface area contributed by atoms with Gasteiger partial charge in [-0.3, -0.25) is 0 Å². The van der Waals surface area contributed by atoms with Gasteiger partial charge in [0.15, 0.2) is 11.6 Å². The van der Waals surface area contributed by atoms with E-state index in [1.54, 1.807) is 6.07 Å². The van der Waals surface area contributed by atoms with Crippen molar-refractivity contribution in [1.29, 1.82) is 0 Å². The third-order valence-electron chi connectivity index (χ3n) is 2.54. The zero-order chi connectivity index (χ0) is 13.5. The fourth-order valence-corrected chi connectivity index (χ4v) is 1.59. The predicted molar refractivity (Wildman–Crippen MR) is 73.6 cm³/mol. The maximum atomic E-state index is 13.8. The quantitative estimate of drug-likeness (QED) is 0.809. The Morgan fingerprint density at radius 1 is 1.56 bits per heavy atom. The highest BCUT2D eigenvalue weighted by Crippen LogP contribution is 2.22. The van der Waals surface area contributed by atoms with Crippen LogP contribution in [0.5, 0.6) is 5.75 Å². The van der Waals surface area contributed by atoms with E-state index in [1.165, 1.54) is 6.07 Å². The molecule has 1 aromatic carbocycles. The Kier molecular flexibility index (Phi) is 6.16. The molecule has 1 rings (SSSR count). The second-order valence-corrected chi connectivity index (χ2v) is 4.71.